The number of furan rings is 1. The summed E-state index contributed by atoms with van der Waals surface area (Å²) in [5, 5.41) is 6.34. The number of carbonyl (C=O) groups excluding carboxylic acids is 1. The molecule has 0 atom stereocenters. The van der Waals surface area contributed by atoms with Crippen LogP contribution in [0.4, 0.5) is 5.13 Å². The van der Waals surface area contributed by atoms with Crippen molar-refractivity contribution in [2.75, 3.05) is 11.6 Å². The summed E-state index contributed by atoms with van der Waals surface area (Å²) < 4.78 is 5.82. The number of amides is 1. The molecule has 124 valence electrons. The van der Waals surface area contributed by atoms with Crippen LogP contribution < -0.4 is 5.32 Å². The first-order chi connectivity index (χ1) is 12.2. The lowest BCUT2D eigenvalue weighted by molar-refractivity contribution is 0.102. The summed E-state index contributed by atoms with van der Waals surface area (Å²) in [5.41, 5.74) is 2.19. The summed E-state index contributed by atoms with van der Waals surface area (Å²) in [7, 11) is 0. The van der Waals surface area contributed by atoms with Crippen LogP contribution in [0.25, 0.3) is 22.4 Å². The molecule has 2 aromatic carbocycles. The smallest absolute Gasteiger partial charge is 0.258 e. The molecule has 4 nitrogen and oxygen atoms in total. The van der Waals surface area contributed by atoms with Crippen molar-refractivity contribution in [3.8, 4) is 11.5 Å². The minimum absolute atomic E-state index is 0.157. The number of hydrogen-bond donors (Lipinski definition) is 1. The zero-order chi connectivity index (χ0) is 17.2. The van der Waals surface area contributed by atoms with Gasteiger partial charge in [-0.15, -0.1) is 23.1 Å². The minimum Gasteiger partial charge on any atom is -0.454 e. The third-order valence-corrected chi connectivity index (χ3v) is 5.31. The van der Waals surface area contributed by atoms with Crippen molar-refractivity contribution in [3.63, 3.8) is 0 Å². The standard InChI is InChI=1S/C19H14N2O2S2/c1-24-17-9-5-3-7-13(17)18(22)21-19-20-14(11-25-19)16-10-12-6-2-4-8-15(12)23-16/h2-11H,1H3,(H,20,21,22). The van der Waals surface area contributed by atoms with E-state index in [4.69, 9.17) is 4.42 Å². The highest BCUT2D eigenvalue weighted by molar-refractivity contribution is 7.98. The molecule has 2 aromatic heterocycles. The summed E-state index contributed by atoms with van der Waals surface area (Å²) in [6.07, 6.45) is 1.95. The van der Waals surface area contributed by atoms with E-state index in [1.807, 2.05) is 66.2 Å². The molecule has 2 heterocycles. The van der Waals surface area contributed by atoms with Gasteiger partial charge in [0.2, 0.25) is 0 Å². The van der Waals surface area contributed by atoms with Gasteiger partial charge in [-0.2, -0.15) is 0 Å². The molecule has 0 unspecified atom stereocenters. The number of nitrogens with zero attached hydrogens (tertiary/aromatic N) is 1. The van der Waals surface area contributed by atoms with Crippen LogP contribution in [-0.4, -0.2) is 17.1 Å². The summed E-state index contributed by atoms with van der Waals surface area (Å²) in [4.78, 5) is 17.9. The zero-order valence-electron chi connectivity index (χ0n) is 13.4. The Morgan fingerprint density at radius 3 is 2.80 bits per heavy atom. The Kier molecular flexibility index (Phi) is 4.29. The molecule has 25 heavy (non-hydrogen) atoms. The Balaban J connectivity index is 1.58. The third kappa shape index (κ3) is 3.18. The van der Waals surface area contributed by atoms with Gasteiger partial charge in [-0.25, -0.2) is 4.98 Å². The predicted molar refractivity (Wildman–Crippen MR) is 103 cm³/mol. The van der Waals surface area contributed by atoms with Crippen LogP contribution in [0.1, 0.15) is 10.4 Å². The predicted octanol–water partition coefficient (Wildman–Crippen LogP) is 5.53. The molecule has 0 spiro atoms. The van der Waals surface area contributed by atoms with E-state index >= 15 is 0 Å². The molecule has 0 aliphatic carbocycles. The highest BCUT2D eigenvalue weighted by Crippen LogP contribution is 2.30. The van der Waals surface area contributed by atoms with Crippen molar-refractivity contribution in [2.24, 2.45) is 0 Å². The van der Waals surface area contributed by atoms with Crippen molar-refractivity contribution in [1.29, 1.82) is 0 Å². The SMILES string of the molecule is CSc1ccccc1C(=O)Nc1nc(-c2cc3ccccc3o2)cs1. The average molecular weight is 366 g/mol. The van der Waals surface area contributed by atoms with Crippen molar-refractivity contribution in [2.45, 2.75) is 4.90 Å². The van der Waals surface area contributed by atoms with Crippen molar-refractivity contribution >= 4 is 45.1 Å². The molecule has 0 aliphatic heterocycles. The fraction of sp³-hybridized carbons (Fsp3) is 0.0526. The van der Waals surface area contributed by atoms with Crippen LogP contribution in [0, 0.1) is 0 Å². The summed E-state index contributed by atoms with van der Waals surface area (Å²) in [5.74, 6) is 0.540. The highest BCUT2D eigenvalue weighted by Gasteiger charge is 2.14. The third-order valence-electron chi connectivity index (χ3n) is 3.75. The fourth-order valence-corrected chi connectivity index (χ4v) is 3.84. The van der Waals surface area contributed by atoms with E-state index < -0.39 is 0 Å². The maximum atomic E-state index is 12.5. The van der Waals surface area contributed by atoms with Crippen LogP contribution in [0.2, 0.25) is 0 Å². The maximum Gasteiger partial charge on any atom is 0.258 e. The average Bonchev–Trinajstić information content (AvgIpc) is 3.28. The van der Waals surface area contributed by atoms with Crippen molar-refractivity contribution < 1.29 is 9.21 Å². The van der Waals surface area contributed by atoms with Gasteiger partial charge in [0.05, 0.1) is 5.56 Å². The molecular weight excluding hydrogens is 352 g/mol. The van der Waals surface area contributed by atoms with Crippen LogP contribution in [-0.2, 0) is 0 Å². The molecular formula is C19H14N2O2S2. The molecule has 4 aromatic rings. The maximum absolute atomic E-state index is 12.5. The number of aromatic nitrogens is 1. The summed E-state index contributed by atoms with van der Waals surface area (Å²) >= 11 is 2.93. The van der Waals surface area contributed by atoms with Crippen molar-refractivity contribution in [3.05, 3.63) is 65.5 Å². The molecule has 1 N–H and O–H groups in total. The van der Waals surface area contributed by atoms with Gasteiger partial charge >= 0.3 is 0 Å². The quantitative estimate of drug-likeness (QED) is 0.482. The van der Waals surface area contributed by atoms with Gasteiger partial charge in [0.1, 0.15) is 11.3 Å². The van der Waals surface area contributed by atoms with E-state index in [-0.39, 0.29) is 5.91 Å². The van der Waals surface area contributed by atoms with E-state index in [0.29, 0.717) is 16.5 Å². The Bertz CT molecular complexity index is 1020. The molecule has 0 radical (unpaired) electrons. The Labute approximate surface area is 152 Å². The number of anilines is 1. The molecule has 1 amide bonds. The van der Waals surface area contributed by atoms with E-state index in [2.05, 4.69) is 10.3 Å². The Morgan fingerprint density at radius 2 is 1.96 bits per heavy atom. The van der Waals surface area contributed by atoms with E-state index in [0.717, 1.165) is 21.6 Å². The van der Waals surface area contributed by atoms with Gasteiger partial charge in [0, 0.05) is 15.7 Å². The lowest BCUT2D eigenvalue weighted by Gasteiger charge is -2.06. The number of nitrogens with one attached hydrogen (secondary N) is 1. The Hall–Kier alpha value is -2.57. The van der Waals surface area contributed by atoms with Crippen LogP contribution >= 0.6 is 23.1 Å². The highest BCUT2D eigenvalue weighted by atomic mass is 32.2. The van der Waals surface area contributed by atoms with Crippen LogP contribution in [0.15, 0.2) is 69.3 Å². The summed E-state index contributed by atoms with van der Waals surface area (Å²) in [6, 6.07) is 17.3. The van der Waals surface area contributed by atoms with Gasteiger partial charge in [0.25, 0.3) is 5.91 Å². The molecule has 6 heteroatoms. The van der Waals surface area contributed by atoms with Gasteiger partial charge in [-0.3, -0.25) is 10.1 Å². The fourth-order valence-electron chi connectivity index (χ4n) is 2.55. The number of thioether (sulfide) groups is 1. The molecule has 0 fully saturated rings. The van der Waals surface area contributed by atoms with Gasteiger partial charge < -0.3 is 4.42 Å². The monoisotopic (exact) mass is 366 g/mol. The molecule has 0 bridgehead atoms. The summed E-state index contributed by atoms with van der Waals surface area (Å²) in [6.45, 7) is 0. The number of para-hydroxylation sites is 1. The number of rotatable bonds is 4. The Morgan fingerprint density at radius 1 is 1.16 bits per heavy atom. The lowest BCUT2D eigenvalue weighted by Crippen LogP contribution is -2.12. The molecule has 0 saturated heterocycles. The van der Waals surface area contributed by atoms with Crippen LogP contribution in [0.3, 0.4) is 0 Å². The topological polar surface area (TPSA) is 55.1 Å². The molecule has 0 aliphatic rings. The normalized spacial score (nSPS) is 10.9. The van der Waals surface area contributed by atoms with Crippen LogP contribution in [0.5, 0.6) is 0 Å². The van der Waals surface area contributed by atoms with E-state index in [1.165, 1.54) is 11.3 Å². The first-order valence-electron chi connectivity index (χ1n) is 7.63. The second-order valence-corrected chi connectivity index (χ2v) is 7.05. The largest absolute Gasteiger partial charge is 0.454 e. The van der Waals surface area contributed by atoms with Gasteiger partial charge in [-0.1, -0.05) is 30.3 Å². The molecule has 4 rings (SSSR count). The lowest BCUT2D eigenvalue weighted by atomic mass is 10.2. The second-order valence-electron chi connectivity index (χ2n) is 5.34. The van der Waals surface area contributed by atoms with Gasteiger partial charge in [0.15, 0.2) is 10.9 Å². The molecule has 0 saturated carbocycles. The number of benzene rings is 2. The number of carbonyl (C=O) groups is 1. The second kappa shape index (κ2) is 6.74. The first kappa shape index (κ1) is 15.9. The first-order valence-corrected chi connectivity index (χ1v) is 9.74. The zero-order valence-corrected chi connectivity index (χ0v) is 15.0. The van der Waals surface area contributed by atoms with E-state index in [9.17, 15) is 4.79 Å². The minimum atomic E-state index is -0.157. The van der Waals surface area contributed by atoms with E-state index in [1.54, 1.807) is 11.8 Å². The number of fused-ring (bicyclic) bond motifs is 1. The number of thiazole rings is 1. The van der Waals surface area contributed by atoms with Crippen molar-refractivity contribution in [1.82, 2.24) is 4.98 Å². The van der Waals surface area contributed by atoms with Gasteiger partial charge in [-0.05, 0) is 30.5 Å². The number of hydrogen-bond acceptors (Lipinski definition) is 5.